The first kappa shape index (κ1) is 11.8. The van der Waals surface area contributed by atoms with E-state index < -0.39 is 0 Å². The highest BCUT2D eigenvalue weighted by Crippen LogP contribution is 2.22. The van der Waals surface area contributed by atoms with Gasteiger partial charge in [-0.3, -0.25) is 0 Å². The third-order valence-electron chi connectivity index (χ3n) is 2.68. The van der Waals surface area contributed by atoms with Crippen molar-refractivity contribution in [3.05, 3.63) is 35.2 Å². The molecule has 90 valence electrons. The van der Waals surface area contributed by atoms with Crippen molar-refractivity contribution in [2.24, 2.45) is 0 Å². The minimum atomic E-state index is 0.605. The van der Waals surface area contributed by atoms with Gasteiger partial charge in [0.25, 0.3) is 5.89 Å². The minimum absolute atomic E-state index is 0.605. The lowest BCUT2D eigenvalue weighted by Crippen LogP contribution is -2.11. The Kier molecular flexibility index (Phi) is 3.54. The van der Waals surface area contributed by atoms with E-state index in [2.05, 4.69) is 41.4 Å². The van der Waals surface area contributed by atoms with Crippen LogP contribution in [0.4, 0.5) is 0 Å². The molecule has 2 aromatic rings. The summed E-state index contributed by atoms with van der Waals surface area (Å²) < 4.78 is 5.28. The summed E-state index contributed by atoms with van der Waals surface area (Å²) in [5, 5.41) is 7.03. The number of benzene rings is 1. The van der Waals surface area contributed by atoms with Crippen molar-refractivity contribution in [2.45, 2.75) is 20.3 Å². The van der Waals surface area contributed by atoms with Crippen molar-refractivity contribution in [3.63, 3.8) is 0 Å². The van der Waals surface area contributed by atoms with Crippen LogP contribution in [-0.2, 0) is 6.42 Å². The molecular formula is C13H17N3O. The van der Waals surface area contributed by atoms with Gasteiger partial charge in [-0.2, -0.15) is 4.98 Å². The molecule has 4 heteroatoms. The van der Waals surface area contributed by atoms with Gasteiger partial charge >= 0.3 is 0 Å². The Morgan fingerprint density at radius 2 is 2.12 bits per heavy atom. The van der Waals surface area contributed by atoms with E-state index in [0.717, 1.165) is 29.9 Å². The van der Waals surface area contributed by atoms with Crippen molar-refractivity contribution in [2.75, 3.05) is 13.6 Å². The van der Waals surface area contributed by atoms with E-state index in [1.807, 2.05) is 13.1 Å². The van der Waals surface area contributed by atoms with Crippen LogP contribution >= 0.6 is 0 Å². The summed E-state index contributed by atoms with van der Waals surface area (Å²) in [5.41, 5.74) is 3.41. The maximum Gasteiger partial charge on any atom is 0.258 e. The lowest BCUT2D eigenvalue weighted by atomic mass is 10.1. The van der Waals surface area contributed by atoms with E-state index in [9.17, 15) is 0 Å². The zero-order valence-electron chi connectivity index (χ0n) is 10.4. The van der Waals surface area contributed by atoms with Crippen LogP contribution < -0.4 is 5.32 Å². The molecule has 0 aliphatic rings. The summed E-state index contributed by atoms with van der Waals surface area (Å²) in [6.45, 7) is 4.98. The number of likely N-dealkylation sites (N-methyl/N-ethyl adjacent to an activating group) is 1. The first-order chi connectivity index (χ1) is 8.20. The number of aryl methyl sites for hydroxylation is 2. The van der Waals surface area contributed by atoms with Gasteiger partial charge in [0.05, 0.1) is 0 Å². The van der Waals surface area contributed by atoms with E-state index >= 15 is 0 Å². The summed E-state index contributed by atoms with van der Waals surface area (Å²) in [6.07, 6.45) is 0.783. The molecule has 2 rings (SSSR count). The van der Waals surface area contributed by atoms with Gasteiger partial charge in [0.15, 0.2) is 5.82 Å². The van der Waals surface area contributed by atoms with Crippen LogP contribution in [0.3, 0.4) is 0 Å². The summed E-state index contributed by atoms with van der Waals surface area (Å²) >= 11 is 0. The molecule has 0 amide bonds. The van der Waals surface area contributed by atoms with Gasteiger partial charge in [0.1, 0.15) is 0 Å². The summed E-state index contributed by atoms with van der Waals surface area (Å²) in [5.74, 6) is 1.35. The molecule has 0 spiro atoms. The molecule has 0 saturated carbocycles. The van der Waals surface area contributed by atoms with Gasteiger partial charge in [-0.15, -0.1) is 0 Å². The molecule has 1 N–H and O–H groups in total. The zero-order valence-corrected chi connectivity index (χ0v) is 10.4. The average molecular weight is 231 g/mol. The highest BCUT2D eigenvalue weighted by atomic mass is 16.5. The van der Waals surface area contributed by atoms with Crippen LogP contribution in [0.1, 0.15) is 17.0 Å². The molecular weight excluding hydrogens is 214 g/mol. The fourth-order valence-corrected chi connectivity index (χ4v) is 1.76. The van der Waals surface area contributed by atoms with Crippen LogP contribution in [-0.4, -0.2) is 23.7 Å². The molecule has 0 unspecified atom stereocenters. The monoisotopic (exact) mass is 231 g/mol. The highest BCUT2D eigenvalue weighted by Gasteiger charge is 2.10. The Bertz CT molecular complexity index is 505. The Morgan fingerprint density at radius 3 is 2.82 bits per heavy atom. The molecule has 0 radical (unpaired) electrons. The molecule has 1 aromatic carbocycles. The Morgan fingerprint density at radius 1 is 1.29 bits per heavy atom. The number of hydrogen-bond donors (Lipinski definition) is 1. The molecule has 4 nitrogen and oxygen atoms in total. The second-order valence-corrected chi connectivity index (χ2v) is 4.19. The molecule has 0 bridgehead atoms. The van der Waals surface area contributed by atoms with Gasteiger partial charge in [0, 0.05) is 18.5 Å². The molecule has 0 fully saturated rings. The van der Waals surface area contributed by atoms with Crippen LogP contribution in [0.2, 0.25) is 0 Å². The third kappa shape index (κ3) is 2.71. The zero-order chi connectivity index (χ0) is 12.3. The lowest BCUT2D eigenvalue weighted by molar-refractivity contribution is 0.422. The molecule has 0 aliphatic carbocycles. The number of hydrogen-bond acceptors (Lipinski definition) is 4. The minimum Gasteiger partial charge on any atom is -0.334 e. The quantitative estimate of drug-likeness (QED) is 0.875. The van der Waals surface area contributed by atoms with Gasteiger partial charge in [-0.1, -0.05) is 22.9 Å². The predicted molar refractivity (Wildman–Crippen MR) is 66.8 cm³/mol. The fourth-order valence-electron chi connectivity index (χ4n) is 1.76. The second-order valence-electron chi connectivity index (χ2n) is 4.19. The van der Waals surface area contributed by atoms with Crippen molar-refractivity contribution in [1.29, 1.82) is 0 Å². The van der Waals surface area contributed by atoms with Gasteiger partial charge in [-0.05, 0) is 32.5 Å². The largest absolute Gasteiger partial charge is 0.334 e. The molecule has 1 aromatic heterocycles. The maximum absolute atomic E-state index is 5.28. The molecule has 0 aliphatic heterocycles. The Labute approximate surface area is 101 Å². The lowest BCUT2D eigenvalue weighted by Gasteiger charge is -2.01. The summed E-state index contributed by atoms with van der Waals surface area (Å²) in [7, 11) is 1.91. The van der Waals surface area contributed by atoms with E-state index in [-0.39, 0.29) is 0 Å². The molecule has 0 atom stereocenters. The summed E-state index contributed by atoms with van der Waals surface area (Å²) in [4.78, 5) is 4.39. The molecule has 17 heavy (non-hydrogen) atoms. The standard InChI is InChI=1S/C13H17N3O/c1-9-4-5-11(10(2)8-9)13-15-12(16-17-13)6-7-14-3/h4-5,8,14H,6-7H2,1-3H3. The number of nitrogens with one attached hydrogen (secondary N) is 1. The Hall–Kier alpha value is -1.68. The maximum atomic E-state index is 5.28. The van der Waals surface area contributed by atoms with Gasteiger partial charge in [0.2, 0.25) is 0 Å². The van der Waals surface area contributed by atoms with Crippen LogP contribution in [0, 0.1) is 13.8 Å². The van der Waals surface area contributed by atoms with Crippen molar-refractivity contribution < 1.29 is 4.52 Å². The number of aromatic nitrogens is 2. The Balaban J connectivity index is 2.24. The van der Waals surface area contributed by atoms with Gasteiger partial charge < -0.3 is 9.84 Å². The van der Waals surface area contributed by atoms with E-state index in [4.69, 9.17) is 4.52 Å². The average Bonchev–Trinajstić information content (AvgIpc) is 2.75. The number of nitrogens with zero attached hydrogens (tertiary/aromatic N) is 2. The topological polar surface area (TPSA) is 51.0 Å². The predicted octanol–water partition coefficient (Wildman–Crippen LogP) is 2.12. The van der Waals surface area contributed by atoms with E-state index in [1.165, 1.54) is 5.56 Å². The van der Waals surface area contributed by atoms with Crippen LogP contribution in [0.5, 0.6) is 0 Å². The smallest absolute Gasteiger partial charge is 0.258 e. The van der Waals surface area contributed by atoms with E-state index in [1.54, 1.807) is 0 Å². The van der Waals surface area contributed by atoms with Crippen molar-refractivity contribution in [1.82, 2.24) is 15.5 Å². The normalized spacial score (nSPS) is 10.8. The second kappa shape index (κ2) is 5.10. The van der Waals surface area contributed by atoms with Gasteiger partial charge in [-0.25, -0.2) is 0 Å². The SMILES string of the molecule is CNCCc1noc(-c2ccc(C)cc2C)n1. The molecule has 0 saturated heterocycles. The van der Waals surface area contributed by atoms with Crippen LogP contribution in [0.25, 0.3) is 11.5 Å². The fraction of sp³-hybridized carbons (Fsp3) is 0.385. The van der Waals surface area contributed by atoms with Crippen LogP contribution in [0.15, 0.2) is 22.7 Å². The van der Waals surface area contributed by atoms with E-state index in [0.29, 0.717) is 5.89 Å². The first-order valence-corrected chi connectivity index (χ1v) is 5.75. The van der Waals surface area contributed by atoms with Crippen molar-refractivity contribution >= 4 is 0 Å². The highest BCUT2D eigenvalue weighted by molar-refractivity contribution is 5.58. The van der Waals surface area contributed by atoms with Crippen molar-refractivity contribution in [3.8, 4) is 11.5 Å². The first-order valence-electron chi connectivity index (χ1n) is 5.75. The third-order valence-corrected chi connectivity index (χ3v) is 2.68. The molecule has 1 heterocycles. The number of rotatable bonds is 4. The summed E-state index contributed by atoms with van der Waals surface area (Å²) in [6, 6.07) is 6.20.